The molecule has 1 N–H and O–H groups in total. The molecule has 152 valence electrons. The van der Waals surface area contributed by atoms with Crippen LogP contribution in [0.4, 0.5) is 0 Å². The van der Waals surface area contributed by atoms with E-state index in [1.807, 2.05) is 13.8 Å². The van der Waals surface area contributed by atoms with E-state index in [4.69, 9.17) is 23.2 Å². The molecule has 0 aliphatic carbocycles. The Labute approximate surface area is 184 Å². The molecule has 1 amide bonds. The maximum atomic E-state index is 13.2. The van der Waals surface area contributed by atoms with E-state index in [9.17, 15) is 13.2 Å². The zero-order valence-corrected chi connectivity index (χ0v) is 19.4. The molecule has 0 aliphatic rings. The Kier molecular flexibility index (Phi) is 8.33. The topological polar surface area (TPSA) is 66.5 Å². The average Bonchev–Trinajstić information content (AvgIpc) is 2.61. The van der Waals surface area contributed by atoms with E-state index in [0.717, 1.165) is 8.78 Å². The Bertz CT molecular complexity index is 935. The van der Waals surface area contributed by atoms with Gasteiger partial charge >= 0.3 is 0 Å². The number of hydrogen-bond acceptors (Lipinski definition) is 3. The molecule has 2 rings (SSSR count). The van der Waals surface area contributed by atoms with Crippen LogP contribution in [-0.2, 0) is 21.4 Å². The molecule has 9 heteroatoms. The van der Waals surface area contributed by atoms with E-state index in [0.29, 0.717) is 22.2 Å². The number of halogens is 3. The van der Waals surface area contributed by atoms with Gasteiger partial charge in [0.25, 0.3) is 0 Å². The molecule has 0 aliphatic heterocycles. The van der Waals surface area contributed by atoms with Crippen LogP contribution in [-0.4, -0.2) is 31.7 Å². The highest BCUT2D eigenvalue weighted by atomic mass is 79.9. The van der Waals surface area contributed by atoms with E-state index in [1.54, 1.807) is 30.3 Å². The highest BCUT2D eigenvalue weighted by Crippen LogP contribution is 2.25. The molecule has 0 fully saturated rings. The molecule has 0 bridgehead atoms. The van der Waals surface area contributed by atoms with E-state index in [2.05, 4.69) is 21.2 Å². The van der Waals surface area contributed by atoms with E-state index in [1.165, 1.54) is 12.1 Å². The number of carbonyl (C=O) groups is 1. The first kappa shape index (κ1) is 23.2. The Hall–Kier alpha value is -1.12. The third-order valence-corrected chi connectivity index (χ3v) is 6.76. The van der Waals surface area contributed by atoms with Gasteiger partial charge in [-0.05, 0) is 47.9 Å². The lowest BCUT2D eigenvalue weighted by Crippen LogP contribution is -2.41. The Balaban J connectivity index is 2.34. The predicted octanol–water partition coefficient (Wildman–Crippen LogP) is 4.72. The summed E-state index contributed by atoms with van der Waals surface area (Å²) < 4.78 is 28.2. The first-order valence-corrected chi connectivity index (χ1v) is 11.5. The van der Waals surface area contributed by atoms with Crippen molar-refractivity contribution in [3.8, 4) is 0 Å². The summed E-state index contributed by atoms with van der Waals surface area (Å²) in [6.45, 7) is 4.02. The monoisotopic (exact) mass is 506 g/mol. The second-order valence-corrected chi connectivity index (χ2v) is 10.4. The second-order valence-electron chi connectivity index (χ2n) is 6.66. The molecule has 0 radical (unpaired) electrons. The summed E-state index contributed by atoms with van der Waals surface area (Å²) in [5.74, 6) is -0.120. The third kappa shape index (κ3) is 6.46. The van der Waals surface area contributed by atoms with Gasteiger partial charge in [0.05, 0.1) is 11.4 Å². The second kappa shape index (κ2) is 10.1. The van der Waals surface area contributed by atoms with Gasteiger partial charge in [-0.25, -0.2) is 8.42 Å². The van der Waals surface area contributed by atoms with E-state index >= 15 is 0 Å². The standard InChI is InChI=1S/C19H21BrCl2N2O3S/c1-13(2)10-23-19(25)12-24(11-14-3-6-16(21)9-18(14)22)28(26,27)17-7-4-15(20)5-8-17/h3-9,13H,10-12H2,1-2H3,(H,23,25). The summed E-state index contributed by atoms with van der Waals surface area (Å²) >= 11 is 15.4. The quantitative estimate of drug-likeness (QED) is 0.562. The maximum absolute atomic E-state index is 13.2. The number of rotatable bonds is 8. The summed E-state index contributed by atoms with van der Waals surface area (Å²) in [7, 11) is -3.92. The van der Waals surface area contributed by atoms with E-state index < -0.39 is 10.0 Å². The van der Waals surface area contributed by atoms with Crippen LogP contribution in [0.1, 0.15) is 19.4 Å². The van der Waals surface area contributed by atoms with Crippen molar-refractivity contribution in [1.82, 2.24) is 9.62 Å². The van der Waals surface area contributed by atoms with Crippen molar-refractivity contribution in [2.45, 2.75) is 25.3 Å². The normalized spacial score (nSPS) is 11.8. The van der Waals surface area contributed by atoms with E-state index in [-0.39, 0.29) is 29.8 Å². The van der Waals surface area contributed by atoms with Crippen molar-refractivity contribution in [2.75, 3.05) is 13.1 Å². The van der Waals surface area contributed by atoms with Gasteiger partial charge in [0.15, 0.2) is 0 Å². The third-order valence-electron chi connectivity index (χ3n) is 3.84. The Morgan fingerprint density at radius 1 is 1.14 bits per heavy atom. The minimum atomic E-state index is -3.92. The zero-order chi connectivity index (χ0) is 20.9. The van der Waals surface area contributed by atoms with Crippen LogP contribution >= 0.6 is 39.1 Å². The fourth-order valence-electron chi connectivity index (χ4n) is 2.36. The lowest BCUT2D eigenvalue weighted by atomic mass is 10.2. The minimum Gasteiger partial charge on any atom is -0.355 e. The number of amides is 1. The lowest BCUT2D eigenvalue weighted by Gasteiger charge is -2.23. The minimum absolute atomic E-state index is 0.0521. The molecular weight excluding hydrogens is 487 g/mol. The van der Waals surface area contributed by atoms with Gasteiger partial charge in [-0.1, -0.05) is 59.0 Å². The summed E-state index contributed by atoms with van der Waals surface area (Å²) in [6.07, 6.45) is 0. The maximum Gasteiger partial charge on any atom is 0.243 e. The largest absolute Gasteiger partial charge is 0.355 e. The first-order valence-electron chi connectivity index (χ1n) is 8.56. The van der Waals surface area contributed by atoms with Crippen molar-refractivity contribution in [3.63, 3.8) is 0 Å². The molecule has 0 atom stereocenters. The number of hydrogen-bond donors (Lipinski definition) is 1. The number of sulfonamides is 1. The van der Waals surface area contributed by atoms with Crippen molar-refractivity contribution < 1.29 is 13.2 Å². The van der Waals surface area contributed by atoms with Gasteiger partial charge in [-0.3, -0.25) is 4.79 Å². The summed E-state index contributed by atoms with van der Waals surface area (Å²) in [6, 6.07) is 11.1. The molecule has 0 unspecified atom stereocenters. The highest BCUT2D eigenvalue weighted by Gasteiger charge is 2.27. The van der Waals surface area contributed by atoms with Gasteiger partial charge in [0.1, 0.15) is 0 Å². The molecular formula is C19H21BrCl2N2O3S. The van der Waals surface area contributed by atoms with Gasteiger partial charge in [-0.15, -0.1) is 0 Å². The van der Waals surface area contributed by atoms with Crippen molar-refractivity contribution in [3.05, 3.63) is 62.5 Å². The fraction of sp³-hybridized carbons (Fsp3) is 0.316. The van der Waals surface area contributed by atoms with Crippen LogP contribution in [0.15, 0.2) is 51.8 Å². The number of carbonyl (C=O) groups excluding carboxylic acids is 1. The lowest BCUT2D eigenvalue weighted by molar-refractivity contribution is -0.121. The van der Waals surface area contributed by atoms with Crippen LogP contribution in [0.3, 0.4) is 0 Å². The fourth-order valence-corrected chi connectivity index (χ4v) is 4.46. The van der Waals surface area contributed by atoms with Crippen LogP contribution in [0.5, 0.6) is 0 Å². The molecule has 2 aromatic rings. The molecule has 5 nitrogen and oxygen atoms in total. The summed E-state index contributed by atoms with van der Waals surface area (Å²) in [5.41, 5.74) is 0.559. The molecule has 0 spiro atoms. The van der Waals surface area contributed by atoms with Crippen LogP contribution in [0.25, 0.3) is 0 Å². The van der Waals surface area contributed by atoms with Gasteiger partial charge in [0, 0.05) is 27.6 Å². The molecule has 0 aromatic heterocycles. The van der Waals surface area contributed by atoms with Crippen molar-refractivity contribution >= 4 is 55.1 Å². The van der Waals surface area contributed by atoms with Gasteiger partial charge in [0.2, 0.25) is 15.9 Å². The Morgan fingerprint density at radius 2 is 1.79 bits per heavy atom. The van der Waals surface area contributed by atoms with Crippen LogP contribution < -0.4 is 5.32 Å². The molecule has 0 saturated heterocycles. The highest BCUT2D eigenvalue weighted by molar-refractivity contribution is 9.10. The predicted molar refractivity (Wildman–Crippen MR) is 116 cm³/mol. The van der Waals surface area contributed by atoms with Gasteiger partial charge < -0.3 is 5.32 Å². The molecule has 28 heavy (non-hydrogen) atoms. The first-order chi connectivity index (χ1) is 13.1. The average molecular weight is 508 g/mol. The SMILES string of the molecule is CC(C)CNC(=O)CN(Cc1ccc(Cl)cc1Cl)S(=O)(=O)c1ccc(Br)cc1. The zero-order valence-electron chi connectivity index (χ0n) is 15.5. The smallest absolute Gasteiger partial charge is 0.243 e. The van der Waals surface area contributed by atoms with Crippen LogP contribution in [0, 0.1) is 5.92 Å². The molecule has 2 aromatic carbocycles. The summed E-state index contributed by atoms with van der Waals surface area (Å²) in [5, 5.41) is 3.54. The van der Waals surface area contributed by atoms with Crippen molar-refractivity contribution in [1.29, 1.82) is 0 Å². The molecule has 0 saturated carbocycles. The summed E-state index contributed by atoms with van der Waals surface area (Å²) in [4.78, 5) is 12.4. The number of nitrogens with zero attached hydrogens (tertiary/aromatic N) is 1. The molecule has 0 heterocycles. The number of benzene rings is 2. The van der Waals surface area contributed by atoms with Crippen molar-refractivity contribution in [2.24, 2.45) is 5.92 Å². The number of nitrogens with one attached hydrogen (secondary N) is 1. The van der Waals surface area contributed by atoms with Crippen LogP contribution in [0.2, 0.25) is 10.0 Å². The van der Waals surface area contributed by atoms with Gasteiger partial charge in [-0.2, -0.15) is 4.31 Å². The Morgan fingerprint density at radius 3 is 2.36 bits per heavy atom.